The van der Waals surface area contributed by atoms with Crippen molar-refractivity contribution >= 4 is 11.6 Å². The van der Waals surface area contributed by atoms with E-state index in [2.05, 4.69) is 0 Å². The van der Waals surface area contributed by atoms with Gasteiger partial charge in [0.05, 0.1) is 11.2 Å². The van der Waals surface area contributed by atoms with Crippen molar-refractivity contribution in [3.05, 3.63) is 58.7 Å². The molecule has 130 valence electrons. The number of rotatable bonds is 1. The highest BCUT2D eigenvalue weighted by Crippen LogP contribution is 2.25. The predicted octanol–water partition coefficient (Wildman–Crippen LogP) is 4.13. The fourth-order valence-corrected chi connectivity index (χ4v) is 3.29. The molecule has 0 bridgehead atoms. The number of carbonyl (C=O) groups excluding carboxylic acids is 2. The maximum Gasteiger partial charge on any atom is 0.163 e. The highest BCUT2D eigenvalue weighted by molar-refractivity contribution is 5.99. The summed E-state index contributed by atoms with van der Waals surface area (Å²) >= 11 is 0. The number of Topliss-reactive ketones (excluding diaryl/α,β-unsaturated/α-hetero) is 2. The van der Waals surface area contributed by atoms with E-state index in [-0.39, 0.29) is 23.1 Å². The number of hydrogen-bond acceptors (Lipinski definition) is 4. The Morgan fingerprint density at radius 1 is 0.880 bits per heavy atom. The van der Waals surface area contributed by atoms with Crippen LogP contribution >= 0.6 is 0 Å². The lowest BCUT2D eigenvalue weighted by Crippen LogP contribution is -2.10. The first-order chi connectivity index (χ1) is 13.2. The Labute approximate surface area is 151 Å². The zero-order chi connectivity index (χ0) is 20.3. The van der Waals surface area contributed by atoms with Crippen LogP contribution in [0, 0.1) is 0 Å². The molecule has 2 aliphatic carbocycles. The summed E-state index contributed by atoms with van der Waals surface area (Å²) in [4.78, 5) is 22.9. The number of ketones is 2. The van der Waals surface area contributed by atoms with Crippen molar-refractivity contribution < 1.29 is 23.5 Å². The molecule has 0 radical (unpaired) electrons. The van der Waals surface area contributed by atoms with Gasteiger partial charge in [0.25, 0.3) is 0 Å². The second-order valence-corrected chi connectivity index (χ2v) is 6.32. The molecule has 0 fully saturated rings. The minimum absolute atomic E-state index is 0.0669. The van der Waals surface area contributed by atoms with E-state index in [1.54, 1.807) is 24.3 Å². The molecule has 0 amide bonds. The van der Waals surface area contributed by atoms with Gasteiger partial charge in [0, 0.05) is 24.0 Å². The number of hydrogen-bond donors (Lipinski definition) is 1. The summed E-state index contributed by atoms with van der Waals surface area (Å²) in [6, 6.07) is 9.94. The molecule has 2 aromatic rings. The third-order valence-electron chi connectivity index (χ3n) is 4.59. The summed E-state index contributed by atoms with van der Waals surface area (Å²) in [5, 5.41) is 9.15. The summed E-state index contributed by atoms with van der Waals surface area (Å²) in [5.41, 5.74) is 3.37. The van der Waals surface area contributed by atoms with Crippen molar-refractivity contribution in [1.29, 1.82) is 0 Å². The van der Waals surface area contributed by atoms with Gasteiger partial charge in [-0.3, -0.25) is 9.59 Å². The molecule has 2 aliphatic rings. The molecule has 0 saturated heterocycles. The van der Waals surface area contributed by atoms with E-state index in [9.17, 15) is 9.59 Å². The first-order valence-electron chi connectivity index (χ1n) is 9.93. The van der Waals surface area contributed by atoms with Crippen LogP contribution in [0.25, 0.3) is 0 Å². The Balaban J connectivity index is 0.000000167. The SMILES string of the molecule is O=C1CCCc2ccc(O)cc21.[2H]C([2H])([2H])Oc1ccc2c(c1)C(=O)CCC2. The van der Waals surface area contributed by atoms with Crippen molar-refractivity contribution in [1.82, 2.24) is 0 Å². The fraction of sp³-hybridized carbons (Fsp3) is 0.333. The largest absolute Gasteiger partial charge is 0.508 e. The standard InChI is InChI=1S/C11H12O2.C10H10O2/c1-13-9-6-5-8-3-2-4-11(12)10(8)7-9;11-8-5-4-7-2-1-3-10(12)9(7)6-8/h5-7H,2-4H2,1H3;4-6,11H,1-3H2/i1D3;. The Morgan fingerprint density at radius 3 is 2.12 bits per heavy atom. The topological polar surface area (TPSA) is 63.6 Å². The summed E-state index contributed by atoms with van der Waals surface area (Å²) < 4.78 is 25.7. The molecule has 1 N–H and O–H groups in total. The van der Waals surface area contributed by atoms with Gasteiger partial charge in [0.15, 0.2) is 11.6 Å². The van der Waals surface area contributed by atoms with E-state index in [0.29, 0.717) is 24.0 Å². The molecular formula is C21H22O4. The van der Waals surface area contributed by atoms with E-state index < -0.39 is 7.04 Å². The Bertz CT molecular complexity index is 903. The normalized spacial score (nSPS) is 17.8. The maximum absolute atomic E-state index is 11.6. The minimum Gasteiger partial charge on any atom is -0.508 e. The average molecular weight is 341 g/mol. The van der Waals surface area contributed by atoms with Gasteiger partial charge in [-0.1, -0.05) is 12.1 Å². The lowest BCUT2D eigenvalue weighted by molar-refractivity contribution is 0.0964. The highest BCUT2D eigenvalue weighted by atomic mass is 16.5. The number of aromatic hydroxyl groups is 1. The van der Waals surface area contributed by atoms with Crippen molar-refractivity contribution in [2.45, 2.75) is 38.5 Å². The van der Waals surface area contributed by atoms with Gasteiger partial charge in [-0.25, -0.2) is 0 Å². The number of phenolic OH excluding ortho intramolecular Hbond substituents is 1. The zero-order valence-electron chi connectivity index (χ0n) is 16.9. The van der Waals surface area contributed by atoms with E-state index in [1.165, 1.54) is 6.07 Å². The molecule has 0 spiro atoms. The van der Waals surface area contributed by atoms with Crippen LogP contribution in [-0.4, -0.2) is 23.7 Å². The van der Waals surface area contributed by atoms with Gasteiger partial charge in [-0.15, -0.1) is 0 Å². The summed E-state index contributed by atoms with van der Waals surface area (Å²) in [6.07, 6.45) is 4.79. The second kappa shape index (κ2) is 7.51. The van der Waals surface area contributed by atoms with Crippen LogP contribution in [0.4, 0.5) is 0 Å². The number of aryl methyl sites for hydroxylation is 2. The van der Waals surface area contributed by atoms with Crippen molar-refractivity contribution in [3.63, 3.8) is 0 Å². The number of carbonyl (C=O) groups is 2. The predicted molar refractivity (Wildman–Crippen MR) is 95.6 cm³/mol. The molecule has 0 aliphatic heterocycles. The number of fused-ring (bicyclic) bond motifs is 2. The first kappa shape index (κ1) is 13.6. The summed E-state index contributed by atoms with van der Waals surface area (Å²) in [5.74, 6) is 0.641. The molecule has 0 aromatic heterocycles. The zero-order valence-corrected chi connectivity index (χ0v) is 13.9. The maximum atomic E-state index is 11.6. The van der Waals surface area contributed by atoms with Gasteiger partial charge >= 0.3 is 0 Å². The summed E-state index contributed by atoms with van der Waals surface area (Å²) in [6.45, 7) is 0. The monoisotopic (exact) mass is 341 g/mol. The van der Waals surface area contributed by atoms with Crippen LogP contribution in [0.1, 0.15) is 61.6 Å². The van der Waals surface area contributed by atoms with Gasteiger partial charge < -0.3 is 9.84 Å². The average Bonchev–Trinajstić information content (AvgIpc) is 2.63. The van der Waals surface area contributed by atoms with Crippen LogP contribution in [0.2, 0.25) is 0 Å². The van der Waals surface area contributed by atoms with Gasteiger partial charge in [-0.05, 0) is 61.1 Å². The van der Waals surface area contributed by atoms with E-state index in [1.807, 2.05) is 6.07 Å². The number of ether oxygens (including phenoxy) is 1. The van der Waals surface area contributed by atoms with Crippen molar-refractivity contribution in [2.24, 2.45) is 0 Å². The molecule has 4 heteroatoms. The van der Waals surface area contributed by atoms with Gasteiger partial charge in [0.1, 0.15) is 11.5 Å². The van der Waals surface area contributed by atoms with Crippen molar-refractivity contribution in [3.8, 4) is 11.5 Å². The van der Waals surface area contributed by atoms with Crippen LogP contribution in [-0.2, 0) is 12.8 Å². The van der Waals surface area contributed by atoms with E-state index in [0.717, 1.165) is 36.8 Å². The molecule has 2 aromatic carbocycles. The lowest BCUT2D eigenvalue weighted by Gasteiger charge is -2.14. The van der Waals surface area contributed by atoms with E-state index >= 15 is 0 Å². The summed E-state index contributed by atoms with van der Waals surface area (Å²) in [7, 11) is -2.47. The second-order valence-electron chi connectivity index (χ2n) is 6.32. The highest BCUT2D eigenvalue weighted by Gasteiger charge is 2.17. The van der Waals surface area contributed by atoms with Crippen LogP contribution in [0.5, 0.6) is 11.5 Å². The van der Waals surface area contributed by atoms with Crippen molar-refractivity contribution in [2.75, 3.05) is 7.04 Å². The molecular weight excluding hydrogens is 316 g/mol. The van der Waals surface area contributed by atoms with Crippen LogP contribution in [0.3, 0.4) is 0 Å². The fourth-order valence-electron chi connectivity index (χ4n) is 3.29. The smallest absolute Gasteiger partial charge is 0.163 e. The number of methoxy groups -OCH3 is 1. The molecule has 0 heterocycles. The first-order valence-corrected chi connectivity index (χ1v) is 8.43. The molecule has 4 nitrogen and oxygen atoms in total. The quantitative estimate of drug-likeness (QED) is 0.847. The number of phenols is 1. The van der Waals surface area contributed by atoms with Crippen LogP contribution < -0.4 is 4.74 Å². The lowest BCUT2D eigenvalue weighted by atomic mass is 9.91. The molecule has 0 atom stereocenters. The Kier molecular flexibility index (Phi) is 4.10. The third kappa shape index (κ3) is 3.90. The minimum atomic E-state index is -2.47. The molecule has 0 unspecified atom stereocenters. The molecule has 25 heavy (non-hydrogen) atoms. The molecule has 4 rings (SSSR count). The molecule has 0 saturated carbocycles. The van der Waals surface area contributed by atoms with Crippen LogP contribution in [0.15, 0.2) is 36.4 Å². The van der Waals surface area contributed by atoms with Gasteiger partial charge in [0.2, 0.25) is 0 Å². The van der Waals surface area contributed by atoms with Gasteiger partial charge in [-0.2, -0.15) is 0 Å². The number of benzene rings is 2. The van der Waals surface area contributed by atoms with E-state index in [4.69, 9.17) is 14.0 Å². The third-order valence-corrected chi connectivity index (χ3v) is 4.59. The Hall–Kier alpha value is -2.62. The Morgan fingerprint density at radius 2 is 1.48 bits per heavy atom.